The van der Waals surface area contributed by atoms with E-state index in [0.717, 1.165) is 9.04 Å². The number of aromatic nitrogens is 2. The van der Waals surface area contributed by atoms with Gasteiger partial charge in [-0.05, 0) is 24.3 Å². The van der Waals surface area contributed by atoms with Gasteiger partial charge < -0.3 is 10.6 Å². The monoisotopic (exact) mass is 405 g/mol. The molecule has 0 bridgehead atoms. The number of benzene rings is 1. The first-order valence-electron chi connectivity index (χ1n) is 7.34. The van der Waals surface area contributed by atoms with Crippen molar-refractivity contribution in [3.05, 3.63) is 55.1 Å². The number of halogens is 1. The molecule has 1 amide bonds. The molecule has 9 heteroatoms. The Morgan fingerprint density at radius 2 is 1.84 bits per heavy atom. The molecule has 8 nitrogen and oxygen atoms in total. The van der Waals surface area contributed by atoms with Crippen molar-refractivity contribution in [1.29, 1.82) is 5.26 Å². The number of nitrogens with one attached hydrogen (secondary N) is 2. The minimum absolute atomic E-state index is 0.102. The SMILES string of the molecule is Cn1c(NCCC(=O)Nc2ccc(Br)cc2)c(C#N)c(=O)n(C)c1=O. The standard InChI is InChI=1S/C16H16BrN5O3/c1-21-14(12(9-18)15(24)22(2)16(21)25)19-8-7-13(23)20-11-5-3-10(17)4-6-11/h3-6,19H,7-8H2,1-2H3,(H,20,23). The molecule has 0 fully saturated rings. The highest BCUT2D eigenvalue weighted by Gasteiger charge is 2.15. The summed E-state index contributed by atoms with van der Waals surface area (Å²) >= 11 is 3.31. The summed E-state index contributed by atoms with van der Waals surface area (Å²) in [5.41, 5.74) is -0.733. The molecule has 0 unspecified atom stereocenters. The smallest absolute Gasteiger partial charge is 0.332 e. The van der Waals surface area contributed by atoms with Crippen LogP contribution in [0.4, 0.5) is 11.5 Å². The average molecular weight is 406 g/mol. The molecule has 0 atom stereocenters. The van der Waals surface area contributed by atoms with Crippen LogP contribution < -0.4 is 21.9 Å². The fourth-order valence-corrected chi connectivity index (χ4v) is 2.47. The molecule has 2 aromatic rings. The normalized spacial score (nSPS) is 10.2. The first-order chi connectivity index (χ1) is 11.8. The third-order valence-electron chi connectivity index (χ3n) is 3.55. The lowest BCUT2D eigenvalue weighted by Gasteiger charge is -2.13. The molecular weight excluding hydrogens is 390 g/mol. The van der Waals surface area contributed by atoms with Crippen molar-refractivity contribution in [3.63, 3.8) is 0 Å². The summed E-state index contributed by atoms with van der Waals surface area (Å²) in [6.07, 6.45) is 0.102. The first kappa shape index (κ1) is 18.5. The van der Waals surface area contributed by atoms with Crippen molar-refractivity contribution in [2.24, 2.45) is 14.1 Å². The van der Waals surface area contributed by atoms with Gasteiger partial charge in [0.15, 0.2) is 5.56 Å². The number of anilines is 2. The van der Waals surface area contributed by atoms with E-state index in [1.807, 2.05) is 12.1 Å². The number of amides is 1. The highest BCUT2D eigenvalue weighted by Crippen LogP contribution is 2.14. The van der Waals surface area contributed by atoms with Crippen LogP contribution in [0, 0.1) is 11.3 Å². The maximum absolute atomic E-state index is 12.0. The number of carbonyl (C=O) groups is 1. The summed E-state index contributed by atoms with van der Waals surface area (Å²) in [6, 6.07) is 8.93. The number of nitrogens with zero attached hydrogens (tertiary/aromatic N) is 3. The third-order valence-corrected chi connectivity index (χ3v) is 4.08. The van der Waals surface area contributed by atoms with E-state index in [1.165, 1.54) is 18.7 Å². The highest BCUT2D eigenvalue weighted by molar-refractivity contribution is 9.10. The van der Waals surface area contributed by atoms with Gasteiger partial charge in [-0.25, -0.2) is 4.79 Å². The predicted molar refractivity (Wildman–Crippen MR) is 97.5 cm³/mol. The zero-order valence-corrected chi connectivity index (χ0v) is 15.3. The molecule has 0 aliphatic carbocycles. The molecule has 0 saturated heterocycles. The highest BCUT2D eigenvalue weighted by atomic mass is 79.9. The molecule has 25 heavy (non-hydrogen) atoms. The molecular formula is C16H16BrN5O3. The van der Waals surface area contributed by atoms with Crippen LogP contribution in [0.2, 0.25) is 0 Å². The van der Waals surface area contributed by atoms with Gasteiger partial charge in [0.25, 0.3) is 5.56 Å². The lowest BCUT2D eigenvalue weighted by molar-refractivity contribution is -0.115. The van der Waals surface area contributed by atoms with E-state index in [-0.39, 0.29) is 30.3 Å². The van der Waals surface area contributed by atoms with Gasteiger partial charge >= 0.3 is 5.69 Å². The van der Waals surface area contributed by atoms with E-state index >= 15 is 0 Å². The molecule has 0 saturated carbocycles. The third kappa shape index (κ3) is 4.16. The van der Waals surface area contributed by atoms with Gasteiger partial charge in [0.05, 0.1) is 0 Å². The zero-order chi connectivity index (χ0) is 18.6. The van der Waals surface area contributed by atoms with Gasteiger partial charge in [-0.1, -0.05) is 15.9 Å². The summed E-state index contributed by atoms with van der Waals surface area (Å²) in [6.45, 7) is 0.164. The molecule has 2 N–H and O–H groups in total. The minimum Gasteiger partial charge on any atom is -0.370 e. The van der Waals surface area contributed by atoms with Crippen LogP contribution in [0.5, 0.6) is 0 Å². The molecule has 0 aliphatic heterocycles. The van der Waals surface area contributed by atoms with Gasteiger partial charge in [0.2, 0.25) is 5.91 Å². The number of hydrogen-bond donors (Lipinski definition) is 2. The van der Waals surface area contributed by atoms with Gasteiger partial charge in [-0.15, -0.1) is 0 Å². The predicted octanol–water partition coefficient (Wildman–Crippen LogP) is 1.16. The van der Waals surface area contributed by atoms with Gasteiger partial charge in [-0.2, -0.15) is 5.26 Å². The molecule has 0 radical (unpaired) electrons. The Morgan fingerprint density at radius 1 is 1.20 bits per heavy atom. The molecule has 1 heterocycles. The Balaban J connectivity index is 2.06. The van der Waals surface area contributed by atoms with Gasteiger partial charge in [-0.3, -0.25) is 18.7 Å². The summed E-state index contributed by atoms with van der Waals surface area (Å²) in [4.78, 5) is 35.9. The van der Waals surface area contributed by atoms with Crippen molar-refractivity contribution in [2.45, 2.75) is 6.42 Å². The number of nitriles is 1. The topological polar surface area (TPSA) is 109 Å². The Labute approximate surface area is 151 Å². The second-order valence-electron chi connectivity index (χ2n) is 5.27. The van der Waals surface area contributed by atoms with E-state index < -0.39 is 11.2 Å². The number of carbonyl (C=O) groups excluding carboxylic acids is 1. The molecule has 0 spiro atoms. The Morgan fingerprint density at radius 3 is 2.44 bits per heavy atom. The van der Waals surface area contributed by atoms with Gasteiger partial charge in [0, 0.05) is 37.2 Å². The van der Waals surface area contributed by atoms with E-state index in [4.69, 9.17) is 5.26 Å². The Bertz CT molecular complexity index is 954. The summed E-state index contributed by atoms with van der Waals surface area (Å²) in [7, 11) is 2.76. The zero-order valence-electron chi connectivity index (χ0n) is 13.7. The second kappa shape index (κ2) is 7.81. The lowest BCUT2D eigenvalue weighted by Crippen LogP contribution is -2.40. The van der Waals surface area contributed by atoms with E-state index in [2.05, 4.69) is 26.6 Å². The van der Waals surface area contributed by atoms with Crippen molar-refractivity contribution >= 4 is 33.3 Å². The van der Waals surface area contributed by atoms with Crippen molar-refractivity contribution in [2.75, 3.05) is 17.2 Å². The van der Waals surface area contributed by atoms with Crippen LogP contribution in [0.25, 0.3) is 0 Å². The maximum atomic E-state index is 12.0. The second-order valence-corrected chi connectivity index (χ2v) is 6.19. The number of hydrogen-bond acceptors (Lipinski definition) is 5. The van der Waals surface area contributed by atoms with Gasteiger partial charge in [0.1, 0.15) is 11.9 Å². The fourth-order valence-electron chi connectivity index (χ4n) is 2.20. The molecule has 1 aromatic carbocycles. The largest absolute Gasteiger partial charge is 0.370 e. The number of rotatable bonds is 5. The van der Waals surface area contributed by atoms with Crippen LogP contribution >= 0.6 is 15.9 Å². The van der Waals surface area contributed by atoms with Crippen LogP contribution in [-0.2, 0) is 18.9 Å². The average Bonchev–Trinajstić information content (AvgIpc) is 2.59. The minimum atomic E-state index is -0.674. The Hall–Kier alpha value is -2.86. The van der Waals surface area contributed by atoms with E-state index in [9.17, 15) is 14.4 Å². The van der Waals surface area contributed by atoms with Crippen LogP contribution in [0.3, 0.4) is 0 Å². The van der Waals surface area contributed by atoms with E-state index in [0.29, 0.717) is 5.69 Å². The lowest BCUT2D eigenvalue weighted by atomic mass is 10.3. The fraction of sp³-hybridized carbons (Fsp3) is 0.250. The van der Waals surface area contributed by atoms with Crippen molar-refractivity contribution < 1.29 is 4.79 Å². The Kier molecular flexibility index (Phi) is 5.77. The molecule has 0 aliphatic rings. The first-order valence-corrected chi connectivity index (χ1v) is 8.14. The van der Waals surface area contributed by atoms with Crippen molar-refractivity contribution in [1.82, 2.24) is 9.13 Å². The van der Waals surface area contributed by atoms with Crippen molar-refractivity contribution in [3.8, 4) is 6.07 Å². The maximum Gasteiger partial charge on any atom is 0.332 e. The van der Waals surface area contributed by atoms with E-state index in [1.54, 1.807) is 18.2 Å². The quantitative estimate of drug-likeness (QED) is 0.775. The summed E-state index contributed by atoms with van der Waals surface area (Å²) in [5.74, 6) is -0.130. The van der Waals surface area contributed by atoms with Crippen LogP contribution in [-0.4, -0.2) is 21.6 Å². The summed E-state index contributed by atoms with van der Waals surface area (Å²) < 4.78 is 2.94. The molecule has 2 rings (SSSR count). The molecule has 1 aromatic heterocycles. The summed E-state index contributed by atoms with van der Waals surface area (Å²) in [5, 5.41) is 14.7. The van der Waals surface area contributed by atoms with Crippen LogP contribution in [0.1, 0.15) is 12.0 Å². The molecule has 130 valence electrons. The van der Waals surface area contributed by atoms with Crippen LogP contribution in [0.15, 0.2) is 38.3 Å².